The highest BCUT2D eigenvalue weighted by Gasteiger charge is 2.24. The van der Waals surface area contributed by atoms with Gasteiger partial charge in [-0.15, -0.1) is 0 Å². The van der Waals surface area contributed by atoms with Gasteiger partial charge in [-0.3, -0.25) is 9.80 Å². The van der Waals surface area contributed by atoms with Crippen LogP contribution in [0.4, 0.5) is 0 Å². The molecule has 1 aromatic heterocycles. The minimum Gasteiger partial charge on any atom is -0.375 e. The van der Waals surface area contributed by atoms with E-state index in [1.54, 1.807) is 11.3 Å². The molecule has 146 valence electrons. The molecular weight excluding hydrogens is 356 g/mol. The summed E-state index contributed by atoms with van der Waals surface area (Å²) in [5.41, 5.74) is 2.81. The van der Waals surface area contributed by atoms with Gasteiger partial charge in [-0.1, -0.05) is 30.3 Å². The number of hydrogen-bond donors (Lipinski definition) is 0. The molecule has 2 aromatic rings. The first-order valence-electron chi connectivity index (χ1n) is 10.1. The number of hydrogen-bond acceptors (Lipinski definition) is 5. The van der Waals surface area contributed by atoms with Gasteiger partial charge in [0.25, 0.3) is 0 Å². The van der Waals surface area contributed by atoms with Crippen LogP contribution in [0.15, 0.2) is 47.2 Å². The van der Waals surface area contributed by atoms with Gasteiger partial charge >= 0.3 is 0 Å². The number of nitrogens with zero attached hydrogens (tertiary/aromatic N) is 2. The Hall–Kier alpha value is -1.24. The summed E-state index contributed by atoms with van der Waals surface area (Å²) in [5.74, 6) is 0. The number of ether oxygens (including phenoxy) is 2. The topological polar surface area (TPSA) is 24.9 Å². The van der Waals surface area contributed by atoms with Gasteiger partial charge in [-0.25, -0.2) is 0 Å². The molecule has 4 nitrogen and oxygen atoms in total. The third-order valence-corrected chi connectivity index (χ3v) is 6.24. The second-order valence-corrected chi connectivity index (χ2v) is 8.43. The highest BCUT2D eigenvalue weighted by atomic mass is 32.1. The predicted molar refractivity (Wildman–Crippen MR) is 110 cm³/mol. The summed E-state index contributed by atoms with van der Waals surface area (Å²) in [6.07, 6.45) is 2.85. The molecule has 4 rings (SSSR count). The van der Waals surface area contributed by atoms with Crippen molar-refractivity contribution in [3.8, 4) is 0 Å². The Morgan fingerprint density at radius 1 is 0.963 bits per heavy atom. The fourth-order valence-corrected chi connectivity index (χ4v) is 4.64. The van der Waals surface area contributed by atoms with Crippen molar-refractivity contribution in [3.63, 3.8) is 0 Å². The number of thiophene rings is 1. The first kappa shape index (κ1) is 19.1. The summed E-state index contributed by atoms with van der Waals surface area (Å²) in [4.78, 5) is 5.02. The maximum absolute atomic E-state index is 6.23. The molecule has 2 fully saturated rings. The van der Waals surface area contributed by atoms with Crippen molar-refractivity contribution in [2.45, 2.75) is 38.1 Å². The standard InChI is InChI=1S/C22H30N2O2S/c1-2-4-19(5-3-1)14-24-11-12-25-22(16-24)17-26-21-6-9-23(10-7-21)15-20-8-13-27-18-20/h1-5,8,13,18,21-22H,6-7,9-12,14-17H2. The van der Waals surface area contributed by atoms with Gasteiger partial charge in [0, 0.05) is 39.3 Å². The Bertz CT molecular complexity index is 656. The summed E-state index contributed by atoms with van der Waals surface area (Å²) >= 11 is 1.78. The molecule has 1 unspecified atom stereocenters. The van der Waals surface area contributed by atoms with Crippen molar-refractivity contribution in [2.24, 2.45) is 0 Å². The second kappa shape index (κ2) is 9.80. The highest BCUT2D eigenvalue weighted by Crippen LogP contribution is 2.19. The van der Waals surface area contributed by atoms with Crippen LogP contribution in [0.25, 0.3) is 0 Å². The summed E-state index contributed by atoms with van der Waals surface area (Å²) in [6, 6.07) is 12.9. The molecule has 0 saturated carbocycles. The van der Waals surface area contributed by atoms with Crippen LogP contribution in [-0.2, 0) is 22.6 Å². The van der Waals surface area contributed by atoms with E-state index in [2.05, 4.69) is 57.0 Å². The van der Waals surface area contributed by atoms with Gasteiger partial charge in [0.1, 0.15) is 0 Å². The number of morpholine rings is 1. The number of likely N-dealkylation sites (tertiary alicyclic amines) is 1. The van der Waals surface area contributed by atoms with Gasteiger partial charge in [0.05, 0.1) is 25.4 Å². The van der Waals surface area contributed by atoms with Crippen molar-refractivity contribution < 1.29 is 9.47 Å². The first-order chi connectivity index (χ1) is 13.3. The first-order valence-corrected chi connectivity index (χ1v) is 11.0. The fraction of sp³-hybridized carbons (Fsp3) is 0.545. The molecule has 1 atom stereocenters. The monoisotopic (exact) mass is 386 g/mol. The van der Waals surface area contributed by atoms with Crippen LogP contribution in [-0.4, -0.2) is 61.4 Å². The SMILES string of the molecule is c1ccc(CN2CCOC(COC3CCN(Cc4ccsc4)CC3)C2)cc1. The van der Waals surface area contributed by atoms with Crippen LogP contribution in [0.1, 0.15) is 24.0 Å². The van der Waals surface area contributed by atoms with E-state index in [0.29, 0.717) is 6.10 Å². The van der Waals surface area contributed by atoms with Gasteiger partial charge in [0.15, 0.2) is 0 Å². The van der Waals surface area contributed by atoms with E-state index in [1.807, 2.05) is 0 Å². The normalized spacial score (nSPS) is 22.9. The molecule has 5 heteroatoms. The van der Waals surface area contributed by atoms with Gasteiger partial charge in [0.2, 0.25) is 0 Å². The molecule has 0 N–H and O–H groups in total. The van der Waals surface area contributed by atoms with E-state index in [9.17, 15) is 0 Å². The number of piperidine rings is 1. The Morgan fingerprint density at radius 2 is 1.78 bits per heavy atom. The Morgan fingerprint density at radius 3 is 2.56 bits per heavy atom. The van der Waals surface area contributed by atoms with E-state index >= 15 is 0 Å². The number of benzene rings is 1. The molecular formula is C22H30N2O2S. The molecule has 0 bridgehead atoms. The molecule has 2 aliphatic heterocycles. The number of rotatable bonds is 7. The summed E-state index contributed by atoms with van der Waals surface area (Å²) in [7, 11) is 0. The van der Waals surface area contributed by atoms with Crippen molar-refractivity contribution >= 4 is 11.3 Å². The lowest BCUT2D eigenvalue weighted by atomic mass is 10.1. The van der Waals surface area contributed by atoms with E-state index in [-0.39, 0.29) is 6.10 Å². The van der Waals surface area contributed by atoms with Gasteiger partial charge < -0.3 is 9.47 Å². The molecule has 2 aliphatic rings. The third kappa shape index (κ3) is 5.87. The summed E-state index contributed by atoms with van der Waals surface area (Å²) in [5, 5.41) is 4.42. The molecule has 3 heterocycles. The zero-order chi connectivity index (χ0) is 18.3. The van der Waals surface area contributed by atoms with Gasteiger partial charge in [-0.2, -0.15) is 11.3 Å². The Labute approximate surface area is 166 Å². The van der Waals surface area contributed by atoms with E-state index in [4.69, 9.17) is 9.47 Å². The summed E-state index contributed by atoms with van der Waals surface area (Å²) < 4.78 is 12.2. The van der Waals surface area contributed by atoms with Crippen LogP contribution in [0.2, 0.25) is 0 Å². The lowest BCUT2D eigenvalue weighted by molar-refractivity contribution is -0.0950. The average molecular weight is 387 g/mol. The van der Waals surface area contributed by atoms with Crippen molar-refractivity contribution in [2.75, 3.05) is 39.4 Å². The van der Waals surface area contributed by atoms with E-state index in [0.717, 1.165) is 65.3 Å². The maximum Gasteiger partial charge on any atom is 0.0935 e. The molecule has 1 aromatic carbocycles. The van der Waals surface area contributed by atoms with E-state index < -0.39 is 0 Å². The predicted octanol–water partition coefficient (Wildman–Crippen LogP) is 3.63. The summed E-state index contributed by atoms with van der Waals surface area (Å²) in [6.45, 7) is 7.84. The Balaban J connectivity index is 1.16. The van der Waals surface area contributed by atoms with Crippen LogP contribution in [0.3, 0.4) is 0 Å². The minimum absolute atomic E-state index is 0.200. The Kier molecular flexibility index (Phi) is 6.93. The lowest BCUT2D eigenvalue weighted by Crippen LogP contribution is -2.45. The molecule has 0 aliphatic carbocycles. The van der Waals surface area contributed by atoms with Gasteiger partial charge in [-0.05, 0) is 40.8 Å². The largest absolute Gasteiger partial charge is 0.375 e. The zero-order valence-electron chi connectivity index (χ0n) is 16.0. The smallest absolute Gasteiger partial charge is 0.0935 e. The lowest BCUT2D eigenvalue weighted by Gasteiger charge is -2.35. The molecule has 0 spiro atoms. The van der Waals surface area contributed by atoms with Crippen LogP contribution in [0, 0.1) is 0 Å². The zero-order valence-corrected chi connectivity index (χ0v) is 16.8. The quantitative estimate of drug-likeness (QED) is 0.725. The van der Waals surface area contributed by atoms with Crippen LogP contribution >= 0.6 is 11.3 Å². The maximum atomic E-state index is 6.23. The average Bonchev–Trinajstić information content (AvgIpc) is 3.22. The molecule has 0 radical (unpaired) electrons. The van der Waals surface area contributed by atoms with Crippen molar-refractivity contribution in [1.82, 2.24) is 9.80 Å². The van der Waals surface area contributed by atoms with Crippen LogP contribution < -0.4 is 0 Å². The minimum atomic E-state index is 0.200. The molecule has 0 amide bonds. The third-order valence-electron chi connectivity index (χ3n) is 5.51. The molecule has 2 saturated heterocycles. The van der Waals surface area contributed by atoms with Crippen molar-refractivity contribution in [3.05, 3.63) is 58.3 Å². The molecule has 27 heavy (non-hydrogen) atoms. The highest BCUT2D eigenvalue weighted by molar-refractivity contribution is 7.07. The second-order valence-electron chi connectivity index (χ2n) is 7.65. The van der Waals surface area contributed by atoms with Crippen molar-refractivity contribution in [1.29, 1.82) is 0 Å². The fourth-order valence-electron chi connectivity index (χ4n) is 3.98. The van der Waals surface area contributed by atoms with E-state index in [1.165, 1.54) is 11.1 Å². The van der Waals surface area contributed by atoms with Crippen LogP contribution in [0.5, 0.6) is 0 Å².